The predicted octanol–water partition coefficient (Wildman–Crippen LogP) is 1.66. The number of H-pyrrole nitrogens is 1. The van der Waals surface area contributed by atoms with Gasteiger partial charge in [0.15, 0.2) is 0 Å². The number of aromatic amines is 1. The maximum Gasteiger partial charge on any atom is 0.512 e. The van der Waals surface area contributed by atoms with Gasteiger partial charge < -0.3 is 19.0 Å². The van der Waals surface area contributed by atoms with Crippen LogP contribution in [-0.4, -0.2) is 36.4 Å². The molecule has 0 radical (unpaired) electrons. The first kappa shape index (κ1) is 15.1. The molecule has 1 saturated heterocycles. The highest BCUT2D eigenvalue weighted by Crippen LogP contribution is 2.36. The molecule has 1 aromatic heterocycles. The number of aromatic nitrogens is 1. The molecule has 5 nitrogen and oxygen atoms in total. The molecule has 20 heavy (non-hydrogen) atoms. The third kappa shape index (κ3) is 2.27. The van der Waals surface area contributed by atoms with Crippen LogP contribution in [0.4, 0.5) is 0 Å². The Labute approximate surface area is 120 Å². The van der Waals surface area contributed by atoms with Crippen molar-refractivity contribution in [2.75, 3.05) is 7.11 Å². The van der Waals surface area contributed by atoms with Crippen molar-refractivity contribution in [3.8, 4) is 0 Å². The number of hydrogen-bond acceptors (Lipinski definition) is 4. The highest BCUT2D eigenvalue weighted by atomic mass is 16.7. The summed E-state index contributed by atoms with van der Waals surface area (Å²) in [5, 5.41) is 0. The Balaban J connectivity index is 2.36. The number of hydrogen-bond donors (Lipinski definition) is 1. The molecule has 110 valence electrons. The van der Waals surface area contributed by atoms with Crippen molar-refractivity contribution >= 4 is 18.7 Å². The third-order valence-corrected chi connectivity index (χ3v) is 4.27. The Morgan fingerprint density at radius 3 is 2.30 bits per heavy atom. The van der Waals surface area contributed by atoms with Crippen LogP contribution >= 0.6 is 0 Å². The van der Waals surface area contributed by atoms with Crippen molar-refractivity contribution in [1.82, 2.24) is 4.98 Å². The highest BCUT2D eigenvalue weighted by molar-refractivity contribution is 6.62. The van der Waals surface area contributed by atoms with Gasteiger partial charge in [-0.1, -0.05) is 6.92 Å². The molecule has 1 N–H and O–H groups in total. The van der Waals surface area contributed by atoms with E-state index in [1.165, 1.54) is 7.11 Å². The number of esters is 1. The summed E-state index contributed by atoms with van der Waals surface area (Å²) in [5.74, 6) is -0.346. The second-order valence-electron chi connectivity index (χ2n) is 6.03. The normalized spacial score (nSPS) is 20.2. The zero-order chi connectivity index (χ0) is 15.1. The summed E-state index contributed by atoms with van der Waals surface area (Å²) in [6.07, 6.45) is 2.36. The zero-order valence-electron chi connectivity index (χ0n) is 13.0. The van der Waals surface area contributed by atoms with Crippen molar-refractivity contribution in [2.24, 2.45) is 0 Å². The van der Waals surface area contributed by atoms with E-state index in [2.05, 4.69) is 4.98 Å². The van der Waals surface area contributed by atoms with Gasteiger partial charge in [0.05, 0.1) is 23.9 Å². The third-order valence-electron chi connectivity index (χ3n) is 4.27. The fourth-order valence-corrected chi connectivity index (χ4v) is 2.31. The number of carbonyl (C=O) groups is 1. The molecule has 0 amide bonds. The van der Waals surface area contributed by atoms with Crippen LogP contribution in [-0.2, 0) is 20.5 Å². The van der Waals surface area contributed by atoms with Gasteiger partial charge in [0, 0.05) is 11.8 Å². The zero-order valence-corrected chi connectivity index (χ0v) is 13.0. The Morgan fingerprint density at radius 1 is 1.30 bits per heavy atom. The number of carbonyl (C=O) groups excluding carboxylic acids is 1. The van der Waals surface area contributed by atoms with Crippen LogP contribution in [0.5, 0.6) is 0 Å². The molecule has 0 unspecified atom stereocenters. The SMILES string of the molecule is CCc1c(C(=O)OC)c[nH]c1B1OC(C)(C)C(C)(C)O1. The van der Waals surface area contributed by atoms with Gasteiger partial charge in [-0.2, -0.15) is 0 Å². The largest absolute Gasteiger partial charge is 0.512 e. The van der Waals surface area contributed by atoms with E-state index < -0.39 is 18.3 Å². The van der Waals surface area contributed by atoms with Gasteiger partial charge in [0.2, 0.25) is 0 Å². The summed E-state index contributed by atoms with van der Waals surface area (Å²) in [6.45, 7) is 10.0. The monoisotopic (exact) mass is 279 g/mol. The van der Waals surface area contributed by atoms with E-state index in [0.717, 1.165) is 11.2 Å². The van der Waals surface area contributed by atoms with Crippen LogP contribution in [0.3, 0.4) is 0 Å². The maximum absolute atomic E-state index is 11.8. The van der Waals surface area contributed by atoms with Gasteiger partial charge in [0.25, 0.3) is 0 Å². The molecule has 0 atom stereocenters. The lowest BCUT2D eigenvalue weighted by molar-refractivity contribution is 0.00578. The summed E-state index contributed by atoms with van der Waals surface area (Å²) in [5.41, 5.74) is 1.42. The Morgan fingerprint density at radius 2 is 1.85 bits per heavy atom. The van der Waals surface area contributed by atoms with E-state index in [1.54, 1.807) is 6.20 Å². The molecule has 2 rings (SSSR count). The lowest BCUT2D eigenvalue weighted by Gasteiger charge is -2.32. The summed E-state index contributed by atoms with van der Waals surface area (Å²) in [6, 6.07) is 0. The second-order valence-corrected chi connectivity index (χ2v) is 6.03. The topological polar surface area (TPSA) is 60.6 Å². The fraction of sp³-hybridized carbons (Fsp3) is 0.643. The molecule has 0 aliphatic carbocycles. The van der Waals surface area contributed by atoms with Crippen LogP contribution in [0.15, 0.2) is 6.20 Å². The van der Waals surface area contributed by atoms with Crippen LogP contribution in [0.2, 0.25) is 0 Å². The quantitative estimate of drug-likeness (QED) is 0.675. The minimum Gasteiger partial charge on any atom is -0.465 e. The number of nitrogens with one attached hydrogen (secondary N) is 1. The smallest absolute Gasteiger partial charge is 0.465 e. The molecule has 6 heteroatoms. The van der Waals surface area contributed by atoms with Crippen molar-refractivity contribution in [3.63, 3.8) is 0 Å². The summed E-state index contributed by atoms with van der Waals surface area (Å²) < 4.78 is 16.8. The molecule has 0 spiro atoms. The van der Waals surface area contributed by atoms with E-state index in [9.17, 15) is 4.79 Å². The lowest BCUT2D eigenvalue weighted by Crippen LogP contribution is -2.41. The predicted molar refractivity (Wildman–Crippen MR) is 77.2 cm³/mol. The lowest BCUT2D eigenvalue weighted by atomic mass is 9.80. The molecule has 0 bridgehead atoms. The first-order valence-corrected chi connectivity index (χ1v) is 6.87. The molecule has 1 aromatic rings. The average molecular weight is 279 g/mol. The van der Waals surface area contributed by atoms with E-state index >= 15 is 0 Å². The maximum atomic E-state index is 11.8. The van der Waals surface area contributed by atoms with Crippen molar-refractivity contribution in [1.29, 1.82) is 0 Å². The van der Waals surface area contributed by atoms with Crippen molar-refractivity contribution < 1.29 is 18.8 Å². The van der Waals surface area contributed by atoms with Gasteiger partial charge in [0.1, 0.15) is 0 Å². The standard InChI is InChI=1S/C14H22BNO4/c1-7-9-10(12(17)18-6)8-16-11(9)15-19-13(2,3)14(4,5)20-15/h8,16H,7H2,1-6H3. The number of methoxy groups -OCH3 is 1. The Hall–Kier alpha value is -1.27. The number of rotatable bonds is 3. The van der Waals surface area contributed by atoms with Crippen LogP contribution in [0.1, 0.15) is 50.5 Å². The van der Waals surface area contributed by atoms with Crippen molar-refractivity contribution in [2.45, 2.75) is 52.2 Å². The van der Waals surface area contributed by atoms with Crippen LogP contribution in [0.25, 0.3) is 0 Å². The first-order chi connectivity index (χ1) is 9.23. The molecule has 1 aliphatic rings. The average Bonchev–Trinajstić information content (AvgIpc) is 2.87. The van der Waals surface area contributed by atoms with E-state index in [1.807, 2.05) is 34.6 Å². The molecule has 1 aliphatic heterocycles. The number of ether oxygens (including phenoxy) is 1. The minimum atomic E-state index is -0.492. The second kappa shape index (κ2) is 4.93. The van der Waals surface area contributed by atoms with Crippen LogP contribution in [0, 0.1) is 0 Å². The molecule has 0 aromatic carbocycles. The fourth-order valence-electron chi connectivity index (χ4n) is 2.31. The van der Waals surface area contributed by atoms with Gasteiger partial charge in [-0.3, -0.25) is 0 Å². The minimum absolute atomic E-state index is 0.346. The molecule has 1 fully saturated rings. The summed E-state index contributed by atoms with van der Waals surface area (Å²) in [4.78, 5) is 14.9. The van der Waals surface area contributed by atoms with Gasteiger partial charge >= 0.3 is 13.1 Å². The molecular formula is C14H22BNO4. The van der Waals surface area contributed by atoms with Gasteiger partial charge in [-0.25, -0.2) is 4.79 Å². The van der Waals surface area contributed by atoms with Gasteiger partial charge in [-0.15, -0.1) is 0 Å². The Bertz CT molecular complexity index is 505. The molecular weight excluding hydrogens is 257 g/mol. The first-order valence-electron chi connectivity index (χ1n) is 6.87. The van der Waals surface area contributed by atoms with Crippen molar-refractivity contribution in [3.05, 3.63) is 17.3 Å². The van der Waals surface area contributed by atoms with E-state index in [-0.39, 0.29) is 5.97 Å². The molecule has 2 heterocycles. The summed E-state index contributed by atoms with van der Waals surface area (Å²) in [7, 11) is 0.886. The Kier molecular flexibility index (Phi) is 3.73. The van der Waals surface area contributed by atoms with Crippen LogP contribution < -0.4 is 5.59 Å². The van der Waals surface area contributed by atoms with Gasteiger partial charge in [-0.05, 0) is 39.7 Å². The van der Waals surface area contributed by atoms with E-state index in [4.69, 9.17) is 14.0 Å². The van der Waals surface area contributed by atoms with E-state index in [0.29, 0.717) is 12.0 Å². The molecule has 0 saturated carbocycles. The summed E-state index contributed by atoms with van der Waals surface area (Å²) >= 11 is 0. The highest BCUT2D eigenvalue weighted by Gasteiger charge is 2.53.